The van der Waals surface area contributed by atoms with E-state index in [4.69, 9.17) is 0 Å². The number of carbonyl (C=O) groups excluding carboxylic acids is 1. The van der Waals surface area contributed by atoms with Crippen LogP contribution in [-0.2, 0) is 17.9 Å². The van der Waals surface area contributed by atoms with Crippen LogP contribution in [0.4, 0.5) is 0 Å². The van der Waals surface area contributed by atoms with Gasteiger partial charge in [0, 0.05) is 13.1 Å². The number of hydrogen-bond acceptors (Lipinski definition) is 4. The summed E-state index contributed by atoms with van der Waals surface area (Å²) in [7, 11) is 0. The largest absolute Gasteiger partial charge is 0.354 e. The summed E-state index contributed by atoms with van der Waals surface area (Å²) < 4.78 is 1.59. The number of rotatable bonds is 8. The molecule has 0 atom stereocenters. The predicted octanol–water partition coefficient (Wildman–Crippen LogP) is 0.304. The molecule has 0 saturated heterocycles. The summed E-state index contributed by atoms with van der Waals surface area (Å²) in [4.78, 5) is 11.6. The number of carbonyl (C=O) groups is 1. The van der Waals surface area contributed by atoms with Crippen molar-refractivity contribution in [2.75, 3.05) is 13.1 Å². The molecule has 1 heterocycles. The molecule has 1 aliphatic carbocycles. The van der Waals surface area contributed by atoms with E-state index in [1.807, 2.05) is 6.20 Å². The summed E-state index contributed by atoms with van der Waals surface area (Å²) in [5, 5.41) is 14.1. The molecule has 2 N–H and O–H groups in total. The third-order valence-electron chi connectivity index (χ3n) is 2.91. The number of hydrogen-bond donors (Lipinski definition) is 2. The summed E-state index contributed by atoms with van der Waals surface area (Å²) >= 11 is 0. The Balaban J connectivity index is 1.69. The van der Waals surface area contributed by atoms with Gasteiger partial charge in [-0.3, -0.25) is 4.79 Å². The molecule has 0 unspecified atom stereocenters. The Morgan fingerprint density at radius 3 is 3.11 bits per heavy atom. The lowest BCUT2D eigenvalue weighted by Crippen LogP contribution is -2.29. The lowest BCUT2D eigenvalue weighted by molar-refractivity contribution is -0.121. The van der Waals surface area contributed by atoms with Crippen LogP contribution in [0.2, 0.25) is 0 Å². The SMILES string of the molecule is CCCNCc1cn(CC(=O)NCC2CC2)nn1. The topological polar surface area (TPSA) is 71.8 Å². The Morgan fingerprint density at radius 1 is 1.56 bits per heavy atom. The zero-order chi connectivity index (χ0) is 12.8. The first-order valence-corrected chi connectivity index (χ1v) is 6.64. The van der Waals surface area contributed by atoms with Crippen molar-refractivity contribution in [3.8, 4) is 0 Å². The van der Waals surface area contributed by atoms with Gasteiger partial charge in [0.15, 0.2) is 0 Å². The monoisotopic (exact) mass is 251 g/mol. The van der Waals surface area contributed by atoms with Gasteiger partial charge in [-0.05, 0) is 31.7 Å². The second-order valence-corrected chi connectivity index (χ2v) is 4.83. The van der Waals surface area contributed by atoms with Crippen molar-refractivity contribution in [3.05, 3.63) is 11.9 Å². The van der Waals surface area contributed by atoms with Crippen LogP contribution in [0.5, 0.6) is 0 Å². The highest BCUT2D eigenvalue weighted by Gasteiger charge is 2.21. The van der Waals surface area contributed by atoms with Crippen LogP contribution in [0.15, 0.2) is 6.20 Å². The van der Waals surface area contributed by atoms with E-state index in [1.54, 1.807) is 4.68 Å². The molecule has 1 fully saturated rings. The highest BCUT2D eigenvalue weighted by atomic mass is 16.2. The van der Waals surface area contributed by atoms with Crippen molar-refractivity contribution < 1.29 is 4.79 Å². The van der Waals surface area contributed by atoms with E-state index in [-0.39, 0.29) is 12.5 Å². The smallest absolute Gasteiger partial charge is 0.241 e. The molecule has 2 rings (SSSR count). The molecule has 6 nitrogen and oxygen atoms in total. The predicted molar refractivity (Wildman–Crippen MR) is 67.8 cm³/mol. The fraction of sp³-hybridized carbons (Fsp3) is 0.750. The van der Waals surface area contributed by atoms with Crippen LogP contribution >= 0.6 is 0 Å². The molecule has 1 amide bonds. The molecule has 0 spiro atoms. The summed E-state index contributed by atoms with van der Waals surface area (Å²) in [6.45, 7) is 4.85. The van der Waals surface area contributed by atoms with Crippen molar-refractivity contribution in [2.24, 2.45) is 5.92 Å². The number of aromatic nitrogens is 3. The highest BCUT2D eigenvalue weighted by Crippen LogP contribution is 2.27. The number of amides is 1. The average molecular weight is 251 g/mol. The van der Waals surface area contributed by atoms with Gasteiger partial charge in [-0.2, -0.15) is 0 Å². The minimum Gasteiger partial charge on any atom is -0.354 e. The molecule has 18 heavy (non-hydrogen) atoms. The van der Waals surface area contributed by atoms with Crippen molar-refractivity contribution in [3.63, 3.8) is 0 Å². The Morgan fingerprint density at radius 2 is 2.39 bits per heavy atom. The van der Waals surface area contributed by atoms with E-state index < -0.39 is 0 Å². The Kier molecular flexibility index (Phi) is 4.69. The van der Waals surface area contributed by atoms with E-state index >= 15 is 0 Å². The first-order valence-electron chi connectivity index (χ1n) is 6.64. The number of nitrogens with one attached hydrogen (secondary N) is 2. The Bertz CT molecular complexity index is 386. The molecular weight excluding hydrogens is 230 g/mol. The van der Waals surface area contributed by atoms with E-state index in [9.17, 15) is 4.79 Å². The van der Waals surface area contributed by atoms with E-state index in [0.717, 1.165) is 25.2 Å². The fourth-order valence-corrected chi connectivity index (χ4v) is 1.67. The highest BCUT2D eigenvalue weighted by molar-refractivity contribution is 5.75. The van der Waals surface area contributed by atoms with Gasteiger partial charge in [0.05, 0.1) is 11.9 Å². The van der Waals surface area contributed by atoms with Gasteiger partial charge in [0.2, 0.25) is 5.91 Å². The lowest BCUT2D eigenvalue weighted by atomic mass is 10.4. The van der Waals surface area contributed by atoms with Gasteiger partial charge in [0.25, 0.3) is 0 Å². The maximum Gasteiger partial charge on any atom is 0.241 e. The first kappa shape index (κ1) is 13.0. The second kappa shape index (κ2) is 6.49. The van der Waals surface area contributed by atoms with Crippen LogP contribution in [0.1, 0.15) is 31.9 Å². The van der Waals surface area contributed by atoms with E-state index in [2.05, 4.69) is 27.9 Å². The van der Waals surface area contributed by atoms with Crippen LogP contribution in [0.25, 0.3) is 0 Å². The van der Waals surface area contributed by atoms with Crippen LogP contribution in [0.3, 0.4) is 0 Å². The lowest BCUT2D eigenvalue weighted by Gasteiger charge is -2.03. The van der Waals surface area contributed by atoms with Gasteiger partial charge in [0.1, 0.15) is 6.54 Å². The van der Waals surface area contributed by atoms with Crippen LogP contribution in [-0.4, -0.2) is 34.0 Å². The Hall–Kier alpha value is -1.43. The zero-order valence-electron chi connectivity index (χ0n) is 10.9. The third-order valence-corrected chi connectivity index (χ3v) is 2.91. The molecule has 0 aromatic carbocycles. The average Bonchev–Trinajstić information content (AvgIpc) is 3.09. The van der Waals surface area contributed by atoms with Gasteiger partial charge < -0.3 is 10.6 Å². The van der Waals surface area contributed by atoms with Crippen LogP contribution in [0, 0.1) is 5.92 Å². The van der Waals surface area contributed by atoms with Gasteiger partial charge in [-0.1, -0.05) is 12.1 Å². The molecule has 1 aliphatic rings. The molecule has 1 aromatic heterocycles. The van der Waals surface area contributed by atoms with Gasteiger partial charge in [-0.25, -0.2) is 4.68 Å². The molecule has 1 saturated carbocycles. The van der Waals surface area contributed by atoms with E-state index in [0.29, 0.717) is 12.5 Å². The van der Waals surface area contributed by atoms with E-state index in [1.165, 1.54) is 12.8 Å². The molecule has 0 radical (unpaired) electrons. The minimum atomic E-state index is 0.0138. The molecular formula is C12H21N5O. The Labute approximate surface area is 107 Å². The zero-order valence-corrected chi connectivity index (χ0v) is 10.9. The summed E-state index contributed by atoms with van der Waals surface area (Å²) in [5.41, 5.74) is 0.874. The summed E-state index contributed by atoms with van der Waals surface area (Å²) in [5.74, 6) is 0.721. The van der Waals surface area contributed by atoms with Gasteiger partial charge in [-0.15, -0.1) is 5.10 Å². The fourth-order valence-electron chi connectivity index (χ4n) is 1.67. The molecule has 100 valence electrons. The van der Waals surface area contributed by atoms with Crippen molar-refractivity contribution >= 4 is 5.91 Å². The standard InChI is InChI=1S/C12H21N5O/c1-2-5-13-7-11-8-17(16-15-11)9-12(18)14-6-10-3-4-10/h8,10,13H,2-7,9H2,1H3,(H,14,18). The van der Waals surface area contributed by atoms with Gasteiger partial charge >= 0.3 is 0 Å². The maximum atomic E-state index is 11.6. The quantitative estimate of drug-likeness (QED) is 0.652. The molecule has 6 heteroatoms. The van der Waals surface area contributed by atoms with Crippen molar-refractivity contribution in [1.29, 1.82) is 0 Å². The van der Waals surface area contributed by atoms with Crippen molar-refractivity contribution in [2.45, 2.75) is 39.3 Å². The summed E-state index contributed by atoms with van der Waals surface area (Å²) in [6.07, 6.45) is 5.41. The number of nitrogens with zero attached hydrogens (tertiary/aromatic N) is 3. The molecule has 0 bridgehead atoms. The summed E-state index contributed by atoms with van der Waals surface area (Å²) in [6, 6.07) is 0. The molecule has 0 aliphatic heterocycles. The third kappa shape index (κ3) is 4.44. The molecule has 1 aromatic rings. The minimum absolute atomic E-state index is 0.0138. The maximum absolute atomic E-state index is 11.6. The second-order valence-electron chi connectivity index (χ2n) is 4.83. The normalized spacial score (nSPS) is 14.7. The van der Waals surface area contributed by atoms with Crippen molar-refractivity contribution in [1.82, 2.24) is 25.6 Å². The van der Waals surface area contributed by atoms with Crippen LogP contribution < -0.4 is 10.6 Å². The first-order chi connectivity index (χ1) is 8.78.